The number of ether oxygens (including phenoxy) is 1. The van der Waals surface area contributed by atoms with E-state index in [9.17, 15) is 24.0 Å². The minimum atomic E-state index is -3.73. The van der Waals surface area contributed by atoms with Crippen molar-refractivity contribution in [2.24, 2.45) is 10.2 Å². The normalized spacial score (nSPS) is 13.0. The molecule has 0 atom stereocenters. The number of hydrogen-bond donors (Lipinski definition) is 2. The summed E-state index contributed by atoms with van der Waals surface area (Å²) in [6, 6.07) is 12.2. The summed E-state index contributed by atoms with van der Waals surface area (Å²) >= 11 is 9.47. The van der Waals surface area contributed by atoms with E-state index in [2.05, 4.69) is 72.3 Å². The number of aromatic hydroxyl groups is 1. The first kappa shape index (κ1) is 49.5. The molecule has 0 bridgehead atoms. The molecule has 5 rings (SSSR count). The average Bonchev–Trinajstić information content (AvgIpc) is 3.13. The Labute approximate surface area is 385 Å². The number of morpholine rings is 1. The molecular weight excluding hydrogens is 1050 g/mol. The van der Waals surface area contributed by atoms with Crippen LogP contribution >= 0.6 is 64.4 Å². The fourth-order valence-electron chi connectivity index (χ4n) is 4.41. The fourth-order valence-corrected chi connectivity index (χ4v) is 6.46. The molecule has 4 aromatic rings. The van der Waals surface area contributed by atoms with Crippen molar-refractivity contribution in [1.29, 1.82) is 0 Å². The van der Waals surface area contributed by atoms with Crippen LogP contribution in [0.4, 0.5) is 29.0 Å². The fraction of sp³-hybridized carbons (Fsp3) is 0.269. The number of phenolic OH excluding ortho intramolecular Hbond substituents is 1. The Morgan fingerprint density at radius 1 is 1.08 bits per heavy atom. The molecule has 0 unspecified atom stereocenters. The molecule has 18 nitrogen and oxygen atoms in total. The van der Waals surface area contributed by atoms with Gasteiger partial charge in [0.2, 0.25) is 17.2 Å². The Kier molecular flexibility index (Phi) is 24.0. The van der Waals surface area contributed by atoms with E-state index < -0.39 is 15.6 Å². The molecule has 0 amide bonds. The quantitative estimate of drug-likeness (QED) is 0.0167. The summed E-state index contributed by atoms with van der Waals surface area (Å²) in [6.45, 7) is 2.02. The predicted molar refractivity (Wildman–Crippen MR) is 191 cm³/mol. The van der Waals surface area contributed by atoms with Crippen LogP contribution in [0.3, 0.4) is 0 Å². The molecule has 2 heterocycles. The maximum Gasteiger partial charge on any atom is 1.00 e. The Balaban J connectivity index is 0.00000188. The molecule has 1 saturated heterocycles. The zero-order valence-electron chi connectivity index (χ0n) is 27.8. The van der Waals surface area contributed by atoms with Gasteiger partial charge in [-0.3, -0.25) is 14.3 Å². The number of hydrogen-bond acceptors (Lipinski definition) is 21. The van der Waals surface area contributed by atoms with Gasteiger partial charge in [0.1, 0.15) is 5.69 Å². The van der Waals surface area contributed by atoms with Crippen LogP contribution in [-0.2, 0) is 37.5 Å². The molecule has 27 heteroatoms. The van der Waals surface area contributed by atoms with Gasteiger partial charge in [0.05, 0.1) is 53.1 Å². The SMILES string of the molecule is CN(c1ccc2c(O)c(N=Nc3ccc(S(=O)(=O)CCOSOO[O-])cc3)c(SOO[O-])cc2c1)c1nc(Cl)nc(N2CCOCC2)n1.S[I-]I.[Na+].[Na+]. The van der Waals surface area contributed by atoms with E-state index in [1.165, 1.54) is 24.3 Å². The summed E-state index contributed by atoms with van der Waals surface area (Å²) in [5, 5.41) is 47.4. The Morgan fingerprint density at radius 3 is 2.42 bits per heavy atom. The Morgan fingerprint density at radius 2 is 1.75 bits per heavy atom. The van der Waals surface area contributed by atoms with Crippen molar-refractivity contribution in [2.75, 3.05) is 55.5 Å². The van der Waals surface area contributed by atoms with E-state index in [0.29, 0.717) is 60.8 Å². The summed E-state index contributed by atoms with van der Waals surface area (Å²) in [6.07, 6.45) is 0. The van der Waals surface area contributed by atoms with E-state index in [1.54, 1.807) is 36.2 Å². The number of benzene rings is 3. The van der Waals surface area contributed by atoms with Gasteiger partial charge in [0.25, 0.3) is 0 Å². The second kappa shape index (κ2) is 25.7. The van der Waals surface area contributed by atoms with Gasteiger partial charge in [-0.2, -0.15) is 24.4 Å². The van der Waals surface area contributed by atoms with Gasteiger partial charge in [-0.05, 0) is 65.5 Å². The standard InChI is InChI=1S/C26H26ClN7O11S3.HI2S.2Na/c1-33(25-28-24(27)29-26(30-25)34-8-10-40-11-9-34)18-4-7-20-16(14-18)15-21(46-44-42-36)22(23(20)35)32-31-17-2-5-19(6-3-17)48(38,39)13-12-41-47-45-43-37;1-2-3;;/h2-7,14-15,35-37H,8-13H2,1H3;3H;;/q;-1;2*+1/p-2. The molecule has 1 N–H and O–H groups in total. The number of sulfone groups is 1. The van der Waals surface area contributed by atoms with Crippen LogP contribution in [0.25, 0.3) is 10.8 Å². The average molecular weight is 1080 g/mol. The van der Waals surface area contributed by atoms with E-state index in [4.69, 9.17) is 20.5 Å². The number of rotatable bonds is 15. The van der Waals surface area contributed by atoms with Crippen LogP contribution in [0.5, 0.6) is 5.75 Å². The van der Waals surface area contributed by atoms with Crippen LogP contribution < -0.4 is 95.3 Å². The first-order valence-electron chi connectivity index (χ1n) is 13.9. The van der Waals surface area contributed by atoms with Crippen LogP contribution in [0, 0.1) is 0 Å². The summed E-state index contributed by atoms with van der Waals surface area (Å²) in [5.74, 6) is 0.0349. The van der Waals surface area contributed by atoms with Crippen molar-refractivity contribution in [3.05, 3.63) is 53.8 Å². The molecule has 1 fully saturated rings. The van der Waals surface area contributed by atoms with Crippen molar-refractivity contribution in [3.63, 3.8) is 0 Å². The topological polar surface area (TPSA) is 226 Å². The summed E-state index contributed by atoms with van der Waals surface area (Å²) in [4.78, 5) is 16.9. The number of nitrogens with zero attached hydrogens (tertiary/aromatic N) is 7. The third-order valence-corrected chi connectivity index (χ3v) is 9.60. The molecule has 1 aromatic heterocycles. The maximum atomic E-state index is 12.5. The minimum Gasteiger partial charge on any atom is 1.00 e. The number of aromatic nitrogens is 3. The van der Waals surface area contributed by atoms with Gasteiger partial charge in [-0.25, -0.2) is 8.42 Å². The van der Waals surface area contributed by atoms with Gasteiger partial charge in [0.15, 0.2) is 27.9 Å². The number of phenols is 1. The number of azo groups is 1. The van der Waals surface area contributed by atoms with Gasteiger partial charge < -0.3 is 30.2 Å². The molecule has 53 heavy (non-hydrogen) atoms. The largest absolute Gasteiger partial charge is 1.00 e. The van der Waals surface area contributed by atoms with E-state index in [-0.39, 0.29) is 132 Å². The minimum absolute atomic E-state index is 0. The second-order valence-corrected chi connectivity index (χ2v) is 21.9. The third-order valence-electron chi connectivity index (χ3n) is 6.75. The molecular formula is C26H25ClI2N7Na2O11S4-. The molecule has 1 aliphatic rings. The Hall–Kier alpha value is 0.360. The van der Waals surface area contributed by atoms with Crippen LogP contribution in [-0.4, -0.2) is 74.2 Å². The zero-order chi connectivity index (χ0) is 36.8. The molecule has 1 aliphatic heterocycles. The first-order valence-corrected chi connectivity index (χ1v) is 26.9. The molecule has 0 spiro atoms. The monoisotopic (exact) mass is 1070 g/mol. The number of anilines is 3. The number of fused-ring (bicyclic) bond motifs is 1. The van der Waals surface area contributed by atoms with Crippen molar-refractivity contribution in [3.8, 4) is 5.75 Å². The molecule has 0 radical (unpaired) electrons. The third kappa shape index (κ3) is 14.9. The predicted octanol–water partition coefficient (Wildman–Crippen LogP) is -4.51. The second-order valence-electron chi connectivity index (χ2n) is 9.66. The molecule has 0 aliphatic carbocycles. The van der Waals surface area contributed by atoms with Gasteiger partial charge in [-0.15, -0.1) is 9.45 Å². The van der Waals surface area contributed by atoms with Gasteiger partial charge in [-0.1, -0.05) is 0 Å². The first-order chi connectivity index (χ1) is 24.6. The number of halogens is 3. The smallest absolute Gasteiger partial charge is 1.00 e. The number of thiol groups is 1. The van der Waals surface area contributed by atoms with Crippen molar-refractivity contribution in [2.45, 2.75) is 9.79 Å². The molecule has 278 valence electrons. The van der Waals surface area contributed by atoms with Crippen molar-refractivity contribution in [1.82, 2.24) is 15.0 Å². The summed E-state index contributed by atoms with van der Waals surface area (Å²) < 4.78 is 43.6. The zero-order valence-corrected chi connectivity index (χ0v) is 40.2. The summed E-state index contributed by atoms with van der Waals surface area (Å²) in [7, 11) is 1.90. The van der Waals surface area contributed by atoms with E-state index in [0.717, 1.165) is 0 Å². The van der Waals surface area contributed by atoms with Crippen LogP contribution in [0.2, 0.25) is 5.28 Å². The molecule has 0 saturated carbocycles. The van der Waals surface area contributed by atoms with E-state index in [1.807, 2.05) is 4.90 Å². The summed E-state index contributed by atoms with van der Waals surface area (Å²) in [5.41, 5.74) is 0.844. The Bertz CT molecular complexity index is 1900. The van der Waals surface area contributed by atoms with Crippen LogP contribution in [0.1, 0.15) is 0 Å². The molecule has 3 aromatic carbocycles. The maximum absolute atomic E-state index is 12.5. The van der Waals surface area contributed by atoms with Crippen molar-refractivity contribution < 1.29 is 127 Å². The van der Waals surface area contributed by atoms with Gasteiger partial charge >= 0.3 is 103 Å². The van der Waals surface area contributed by atoms with E-state index >= 15 is 0 Å². The van der Waals surface area contributed by atoms with Crippen LogP contribution in [0.15, 0.2) is 68.6 Å². The van der Waals surface area contributed by atoms with Gasteiger partial charge in [0, 0.05) is 31.2 Å². The van der Waals surface area contributed by atoms with Crippen molar-refractivity contribution >= 4 is 114 Å².